The molecule has 1 aromatic carbocycles. The van der Waals surface area contributed by atoms with Gasteiger partial charge in [-0.25, -0.2) is 18.1 Å². The number of hydrogen-bond acceptors (Lipinski definition) is 5. The SMILES string of the molecule is CCNS(=O)(=O)c1cnc2ccc(N3CCCC3c3cccc(C)c3)nn12. The zero-order valence-corrected chi connectivity index (χ0v) is 16.3. The van der Waals surface area contributed by atoms with Crippen molar-refractivity contribution < 1.29 is 8.42 Å². The number of nitrogens with one attached hydrogen (secondary N) is 1. The van der Waals surface area contributed by atoms with Gasteiger partial charge >= 0.3 is 0 Å². The summed E-state index contributed by atoms with van der Waals surface area (Å²) < 4.78 is 28.8. The molecule has 7 nitrogen and oxygen atoms in total. The molecule has 3 aromatic rings. The van der Waals surface area contributed by atoms with Crippen molar-refractivity contribution in [1.82, 2.24) is 19.3 Å². The van der Waals surface area contributed by atoms with Gasteiger partial charge in [0.15, 0.2) is 10.7 Å². The van der Waals surface area contributed by atoms with Crippen molar-refractivity contribution in [3.63, 3.8) is 0 Å². The number of hydrogen-bond donors (Lipinski definition) is 1. The first-order chi connectivity index (χ1) is 13.0. The Morgan fingerprint density at radius 2 is 2.11 bits per heavy atom. The normalized spacial score (nSPS) is 17.7. The quantitative estimate of drug-likeness (QED) is 0.730. The summed E-state index contributed by atoms with van der Waals surface area (Å²) in [7, 11) is -3.64. The average molecular weight is 385 g/mol. The van der Waals surface area contributed by atoms with Crippen LogP contribution in [0.3, 0.4) is 0 Å². The van der Waals surface area contributed by atoms with E-state index in [4.69, 9.17) is 0 Å². The second-order valence-corrected chi connectivity index (χ2v) is 8.54. The fourth-order valence-electron chi connectivity index (χ4n) is 3.71. The van der Waals surface area contributed by atoms with Crippen LogP contribution in [-0.4, -0.2) is 36.1 Å². The number of rotatable bonds is 5. The van der Waals surface area contributed by atoms with Crippen molar-refractivity contribution in [3.05, 3.63) is 53.7 Å². The highest BCUT2D eigenvalue weighted by Gasteiger charge is 2.28. The number of imidazole rings is 1. The van der Waals surface area contributed by atoms with Crippen molar-refractivity contribution >= 4 is 21.5 Å². The van der Waals surface area contributed by atoms with Gasteiger partial charge in [-0.1, -0.05) is 36.8 Å². The molecule has 0 saturated carbocycles. The van der Waals surface area contributed by atoms with Crippen molar-refractivity contribution in [3.8, 4) is 0 Å². The summed E-state index contributed by atoms with van der Waals surface area (Å²) in [6.45, 7) is 5.05. The Kier molecular flexibility index (Phi) is 4.61. The fraction of sp³-hybridized carbons (Fsp3) is 0.368. The molecule has 1 atom stereocenters. The lowest BCUT2D eigenvalue weighted by Crippen LogP contribution is -2.26. The molecule has 0 bridgehead atoms. The monoisotopic (exact) mass is 385 g/mol. The van der Waals surface area contributed by atoms with Gasteiger partial charge in [-0.2, -0.15) is 4.52 Å². The molecule has 1 N–H and O–H groups in total. The molecule has 8 heteroatoms. The summed E-state index contributed by atoms with van der Waals surface area (Å²) in [6.07, 6.45) is 3.48. The van der Waals surface area contributed by atoms with Crippen molar-refractivity contribution in [2.75, 3.05) is 18.0 Å². The number of fused-ring (bicyclic) bond motifs is 1. The highest BCUT2D eigenvalue weighted by atomic mass is 32.2. The maximum absolute atomic E-state index is 12.4. The van der Waals surface area contributed by atoms with E-state index in [-0.39, 0.29) is 11.1 Å². The third-order valence-electron chi connectivity index (χ3n) is 4.90. The second kappa shape index (κ2) is 6.94. The summed E-state index contributed by atoms with van der Waals surface area (Å²) >= 11 is 0. The molecule has 27 heavy (non-hydrogen) atoms. The minimum absolute atomic E-state index is 0.0625. The number of sulfonamides is 1. The molecule has 0 spiro atoms. The first-order valence-electron chi connectivity index (χ1n) is 9.17. The minimum Gasteiger partial charge on any atom is -0.348 e. The molecule has 1 aliphatic rings. The van der Waals surface area contributed by atoms with Crippen LogP contribution in [0.2, 0.25) is 0 Å². The number of aryl methyl sites for hydroxylation is 1. The van der Waals surface area contributed by atoms with E-state index >= 15 is 0 Å². The number of anilines is 1. The minimum atomic E-state index is -3.64. The van der Waals surface area contributed by atoms with Gasteiger partial charge in [-0.05, 0) is 37.5 Å². The molecule has 1 fully saturated rings. The van der Waals surface area contributed by atoms with Crippen molar-refractivity contribution in [2.45, 2.75) is 37.8 Å². The Bertz CT molecular complexity index is 1080. The zero-order valence-electron chi connectivity index (χ0n) is 15.5. The van der Waals surface area contributed by atoms with E-state index in [1.807, 2.05) is 12.1 Å². The van der Waals surface area contributed by atoms with Crippen LogP contribution in [0.1, 0.15) is 36.9 Å². The topological polar surface area (TPSA) is 79.6 Å². The van der Waals surface area contributed by atoms with Crippen LogP contribution in [-0.2, 0) is 10.0 Å². The number of nitrogens with zero attached hydrogens (tertiary/aromatic N) is 4. The summed E-state index contributed by atoms with van der Waals surface area (Å²) in [5, 5.41) is 4.69. The molecule has 3 heterocycles. The maximum Gasteiger partial charge on any atom is 0.259 e. The molecule has 0 amide bonds. The number of benzene rings is 1. The number of aromatic nitrogens is 3. The predicted octanol–water partition coefficient (Wildman–Crippen LogP) is 2.68. The van der Waals surface area contributed by atoms with E-state index in [0.717, 1.165) is 25.2 Å². The smallest absolute Gasteiger partial charge is 0.259 e. The Hall–Kier alpha value is -2.45. The Morgan fingerprint density at radius 1 is 1.26 bits per heavy atom. The average Bonchev–Trinajstić information content (AvgIpc) is 3.28. The Balaban J connectivity index is 1.75. The zero-order chi connectivity index (χ0) is 19.0. The van der Waals surface area contributed by atoms with Gasteiger partial charge in [0.05, 0.1) is 12.2 Å². The van der Waals surface area contributed by atoms with Crippen LogP contribution in [0.15, 0.2) is 47.6 Å². The maximum atomic E-state index is 12.4. The lowest BCUT2D eigenvalue weighted by atomic mass is 10.0. The Morgan fingerprint density at radius 3 is 2.89 bits per heavy atom. The molecule has 142 valence electrons. The molecule has 0 aliphatic carbocycles. The lowest BCUT2D eigenvalue weighted by Gasteiger charge is -2.26. The van der Waals surface area contributed by atoms with Crippen LogP contribution < -0.4 is 9.62 Å². The summed E-state index contributed by atoms with van der Waals surface area (Å²) in [4.78, 5) is 6.43. The van der Waals surface area contributed by atoms with Crippen molar-refractivity contribution in [2.24, 2.45) is 0 Å². The molecule has 1 unspecified atom stereocenters. The lowest BCUT2D eigenvalue weighted by molar-refractivity contribution is 0.575. The second-order valence-electron chi connectivity index (χ2n) is 6.82. The third kappa shape index (κ3) is 3.30. The largest absolute Gasteiger partial charge is 0.348 e. The van der Waals surface area contributed by atoms with E-state index in [0.29, 0.717) is 12.2 Å². The first kappa shape index (κ1) is 17.9. The standard InChI is InChI=1S/C19H23N5O2S/c1-3-21-27(25,26)19-13-20-17-9-10-18(22-24(17)19)23-11-5-8-16(23)15-7-4-6-14(2)12-15/h4,6-7,9-10,12-13,16,21H,3,5,8,11H2,1-2H3. The van der Waals surface area contributed by atoms with Gasteiger partial charge in [0.1, 0.15) is 5.82 Å². The summed E-state index contributed by atoms with van der Waals surface area (Å²) in [6, 6.07) is 12.5. The van der Waals surface area contributed by atoms with Gasteiger partial charge in [0.2, 0.25) is 0 Å². The highest BCUT2D eigenvalue weighted by Crippen LogP contribution is 2.35. The molecular weight excluding hydrogens is 362 g/mol. The van der Waals surface area contributed by atoms with E-state index in [2.05, 4.69) is 50.9 Å². The van der Waals surface area contributed by atoms with E-state index in [1.54, 1.807) is 6.92 Å². The molecule has 2 aromatic heterocycles. The Labute approximate surface area is 159 Å². The fourth-order valence-corrected chi connectivity index (χ4v) is 4.79. The predicted molar refractivity (Wildman–Crippen MR) is 104 cm³/mol. The highest BCUT2D eigenvalue weighted by molar-refractivity contribution is 7.89. The molecule has 1 saturated heterocycles. The summed E-state index contributed by atoms with van der Waals surface area (Å²) in [5.41, 5.74) is 3.01. The molecule has 1 aliphatic heterocycles. The van der Waals surface area contributed by atoms with Crippen LogP contribution in [0.5, 0.6) is 0 Å². The third-order valence-corrected chi connectivity index (χ3v) is 6.40. The first-order valence-corrected chi connectivity index (χ1v) is 10.7. The molecular formula is C19H23N5O2S. The van der Waals surface area contributed by atoms with Crippen LogP contribution in [0.25, 0.3) is 5.65 Å². The summed E-state index contributed by atoms with van der Waals surface area (Å²) in [5.74, 6) is 0.762. The van der Waals surface area contributed by atoms with E-state index in [9.17, 15) is 8.42 Å². The van der Waals surface area contributed by atoms with Crippen LogP contribution in [0.4, 0.5) is 5.82 Å². The van der Waals surface area contributed by atoms with E-state index in [1.165, 1.54) is 21.8 Å². The van der Waals surface area contributed by atoms with Crippen LogP contribution >= 0.6 is 0 Å². The molecule has 4 rings (SSSR count). The van der Waals surface area contributed by atoms with Crippen LogP contribution in [0, 0.1) is 6.92 Å². The van der Waals surface area contributed by atoms with Gasteiger partial charge < -0.3 is 4.90 Å². The van der Waals surface area contributed by atoms with E-state index < -0.39 is 10.0 Å². The van der Waals surface area contributed by atoms with Gasteiger partial charge in [0.25, 0.3) is 10.0 Å². The molecule has 0 radical (unpaired) electrons. The van der Waals surface area contributed by atoms with Crippen molar-refractivity contribution in [1.29, 1.82) is 0 Å². The van der Waals surface area contributed by atoms with Gasteiger partial charge in [0, 0.05) is 13.1 Å². The van der Waals surface area contributed by atoms with Gasteiger partial charge in [-0.15, -0.1) is 5.10 Å². The van der Waals surface area contributed by atoms with Gasteiger partial charge in [-0.3, -0.25) is 0 Å².